The van der Waals surface area contributed by atoms with Crippen LogP contribution < -0.4 is 14.8 Å². The number of nitriles is 1. The summed E-state index contributed by atoms with van der Waals surface area (Å²) in [6, 6.07) is 24.0. The molecule has 0 atom stereocenters. The van der Waals surface area contributed by atoms with Crippen molar-refractivity contribution in [2.75, 3.05) is 11.9 Å². The molecule has 0 heterocycles. The van der Waals surface area contributed by atoms with Gasteiger partial charge in [0.15, 0.2) is 0 Å². The maximum absolute atomic E-state index is 12.5. The van der Waals surface area contributed by atoms with Crippen molar-refractivity contribution in [1.82, 2.24) is 0 Å². The first kappa shape index (κ1) is 22.7. The van der Waals surface area contributed by atoms with E-state index in [1.54, 1.807) is 42.5 Å². The van der Waals surface area contributed by atoms with E-state index in [0.29, 0.717) is 33.8 Å². The first-order valence-corrected chi connectivity index (χ1v) is 10.4. The Morgan fingerprint density at radius 2 is 1.81 bits per heavy atom. The maximum atomic E-state index is 12.5. The zero-order valence-corrected chi connectivity index (χ0v) is 18.6. The van der Waals surface area contributed by atoms with Crippen molar-refractivity contribution in [2.24, 2.45) is 0 Å². The van der Waals surface area contributed by atoms with E-state index in [4.69, 9.17) is 15.9 Å². The van der Waals surface area contributed by atoms with E-state index in [1.807, 2.05) is 36.4 Å². The molecule has 0 saturated heterocycles. The normalized spacial score (nSPS) is 10.5. The molecule has 6 heteroatoms. The molecule has 32 heavy (non-hydrogen) atoms. The van der Waals surface area contributed by atoms with Crippen molar-refractivity contribution in [3.63, 3.8) is 0 Å². The van der Waals surface area contributed by atoms with Crippen molar-refractivity contribution in [2.45, 2.75) is 6.61 Å². The van der Waals surface area contributed by atoms with Crippen molar-refractivity contribution < 1.29 is 14.3 Å². The molecule has 0 aliphatic carbocycles. The Labute approximate surface area is 195 Å². The molecule has 0 saturated carbocycles. The number of carbonyl (C=O) groups is 1. The first-order valence-electron chi connectivity index (χ1n) is 9.65. The molecule has 1 amide bonds. The van der Waals surface area contributed by atoms with Gasteiger partial charge in [0.05, 0.1) is 4.47 Å². The van der Waals surface area contributed by atoms with Crippen LogP contribution in [0.4, 0.5) is 5.69 Å². The number of terminal acetylenes is 1. The largest absolute Gasteiger partial charge is 0.489 e. The van der Waals surface area contributed by atoms with Crippen LogP contribution in [0.2, 0.25) is 0 Å². The minimum atomic E-state index is -0.505. The second-order valence-corrected chi connectivity index (χ2v) is 7.46. The lowest BCUT2D eigenvalue weighted by Crippen LogP contribution is -2.13. The summed E-state index contributed by atoms with van der Waals surface area (Å²) in [5.74, 6) is 3.15. The predicted octanol–water partition coefficient (Wildman–Crippen LogP) is 5.59. The van der Waals surface area contributed by atoms with Gasteiger partial charge >= 0.3 is 0 Å². The highest BCUT2D eigenvalue weighted by atomic mass is 79.9. The van der Waals surface area contributed by atoms with Crippen LogP contribution in [0.15, 0.2) is 82.8 Å². The summed E-state index contributed by atoms with van der Waals surface area (Å²) in [5, 5.41) is 12.2. The molecule has 3 aromatic carbocycles. The van der Waals surface area contributed by atoms with Crippen LogP contribution in [0.1, 0.15) is 11.1 Å². The monoisotopic (exact) mass is 486 g/mol. The van der Waals surface area contributed by atoms with Crippen molar-refractivity contribution >= 4 is 33.6 Å². The summed E-state index contributed by atoms with van der Waals surface area (Å²) >= 11 is 3.40. The van der Waals surface area contributed by atoms with Crippen LogP contribution in [-0.2, 0) is 11.4 Å². The van der Waals surface area contributed by atoms with Crippen molar-refractivity contribution in [3.8, 4) is 29.9 Å². The Kier molecular flexibility index (Phi) is 8.09. The highest BCUT2D eigenvalue weighted by Crippen LogP contribution is 2.27. The zero-order valence-electron chi connectivity index (χ0n) is 17.0. The summed E-state index contributed by atoms with van der Waals surface area (Å²) in [6.07, 6.45) is 6.70. The Morgan fingerprint density at radius 3 is 2.47 bits per heavy atom. The van der Waals surface area contributed by atoms with E-state index in [9.17, 15) is 10.1 Å². The van der Waals surface area contributed by atoms with Crippen LogP contribution in [0, 0.1) is 23.7 Å². The Hall–Kier alpha value is -4.00. The third-order valence-corrected chi connectivity index (χ3v) is 4.92. The second-order valence-electron chi connectivity index (χ2n) is 6.61. The smallest absolute Gasteiger partial charge is 0.266 e. The number of nitrogens with one attached hydrogen (secondary N) is 1. The van der Waals surface area contributed by atoms with Crippen LogP contribution in [0.5, 0.6) is 11.5 Å². The van der Waals surface area contributed by atoms with Crippen LogP contribution in [0.3, 0.4) is 0 Å². The molecule has 0 spiro atoms. The molecule has 0 fully saturated rings. The Balaban J connectivity index is 1.62. The average Bonchev–Trinajstić information content (AvgIpc) is 2.82. The van der Waals surface area contributed by atoms with Gasteiger partial charge in [0.2, 0.25) is 0 Å². The fourth-order valence-electron chi connectivity index (χ4n) is 2.73. The number of nitrogens with zero attached hydrogens (tertiary/aromatic N) is 1. The summed E-state index contributed by atoms with van der Waals surface area (Å²) in [5.41, 5.74) is 2.26. The zero-order chi connectivity index (χ0) is 22.8. The fourth-order valence-corrected chi connectivity index (χ4v) is 3.24. The Morgan fingerprint density at radius 1 is 1.06 bits per heavy atom. The summed E-state index contributed by atoms with van der Waals surface area (Å²) < 4.78 is 11.8. The standard InChI is InChI=1S/C26H19BrN2O3/c1-2-14-31-25-13-8-20(16-24(25)27)15-21(17-28)26(30)29-22-9-11-23(12-10-22)32-18-19-6-4-3-5-7-19/h1,3-13,15-16H,14,18H2,(H,29,30)/b21-15+. The quantitative estimate of drug-likeness (QED) is 0.256. The number of rotatable bonds is 8. The van der Waals surface area contributed by atoms with Gasteiger partial charge in [0.1, 0.15) is 36.4 Å². The molecule has 0 unspecified atom stereocenters. The number of carbonyl (C=O) groups excluding carboxylic acids is 1. The fraction of sp³-hybridized carbons (Fsp3) is 0.0769. The number of halogens is 1. The third-order valence-electron chi connectivity index (χ3n) is 4.30. The number of hydrogen-bond donors (Lipinski definition) is 1. The van der Waals surface area contributed by atoms with E-state index in [1.165, 1.54) is 6.08 Å². The predicted molar refractivity (Wildman–Crippen MR) is 128 cm³/mol. The molecule has 3 rings (SSSR count). The topological polar surface area (TPSA) is 71.3 Å². The van der Waals surface area contributed by atoms with Crippen molar-refractivity contribution in [1.29, 1.82) is 5.26 Å². The molecule has 0 radical (unpaired) electrons. The van der Waals surface area contributed by atoms with Crippen molar-refractivity contribution in [3.05, 3.63) is 94.0 Å². The maximum Gasteiger partial charge on any atom is 0.266 e. The lowest BCUT2D eigenvalue weighted by Gasteiger charge is -2.09. The second kappa shape index (κ2) is 11.4. The molecule has 158 valence electrons. The van der Waals surface area contributed by atoms with Crippen LogP contribution in [0.25, 0.3) is 6.08 Å². The highest BCUT2D eigenvalue weighted by molar-refractivity contribution is 9.10. The summed E-state index contributed by atoms with van der Waals surface area (Å²) in [6.45, 7) is 0.603. The number of ether oxygens (including phenoxy) is 2. The van der Waals surface area contributed by atoms with Gasteiger partial charge in [-0.25, -0.2) is 0 Å². The van der Waals surface area contributed by atoms with Gasteiger partial charge < -0.3 is 14.8 Å². The van der Waals surface area contributed by atoms with Gasteiger partial charge in [-0.1, -0.05) is 42.3 Å². The molecule has 1 N–H and O–H groups in total. The molecule has 3 aromatic rings. The van der Waals surface area contributed by atoms with Gasteiger partial charge in [0, 0.05) is 5.69 Å². The summed E-state index contributed by atoms with van der Waals surface area (Å²) in [4.78, 5) is 12.5. The molecular weight excluding hydrogens is 468 g/mol. The minimum absolute atomic E-state index is 0.0291. The Bertz CT molecular complexity index is 1190. The van der Waals surface area contributed by atoms with E-state index in [0.717, 1.165) is 5.56 Å². The average molecular weight is 487 g/mol. The van der Waals surface area contributed by atoms with E-state index in [2.05, 4.69) is 27.2 Å². The molecule has 0 aliphatic rings. The number of hydrogen-bond acceptors (Lipinski definition) is 4. The lowest BCUT2D eigenvalue weighted by atomic mass is 10.1. The van der Waals surface area contributed by atoms with Crippen LogP contribution >= 0.6 is 15.9 Å². The highest BCUT2D eigenvalue weighted by Gasteiger charge is 2.11. The van der Waals surface area contributed by atoms with Gasteiger partial charge in [-0.3, -0.25) is 4.79 Å². The van der Waals surface area contributed by atoms with Gasteiger partial charge in [0.25, 0.3) is 5.91 Å². The lowest BCUT2D eigenvalue weighted by molar-refractivity contribution is -0.112. The third kappa shape index (κ3) is 6.50. The van der Waals surface area contributed by atoms with Gasteiger partial charge in [-0.2, -0.15) is 5.26 Å². The molecule has 0 bridgehead atoms. The van der Waals surface area contributed by atoms with Crippen LogP contribution in [-0.4, -0.2) is 12.5 Å². The van der Waals surface area contributed by atoms with E-state index < -0.39 is 5.91 Å². The molecule has 0 aromatic heterocycles. The first-order chi connectivity index (χ1) is 15.6. The minimum Gasteiger partial charge on any atom is -0.489 e. The number of benzene rings is 3. The number of anilines is 1. The molecule has 0 aliphatic heterocycles. The van der Waals surface area contributed by atoms with E-state index in [-0.39, 0.29) is 12.2 Å². The van der Waals surface area contributed by atoms with E-state index >= 15 is 0 Å². The SMILES string of the molecule is C#CCOc1ccc(/C=C(\C#N)C(=O)Nc2ccc(OCc3ccccc3)cc2)cc1Br. The number of amides is 1. The molecule has 5 nitrogen and oxygen atoms in total. The van der Waals surface area contributed by atoms with Gasteiger partial charge in [-0.15, -0.1) is 6.42 Å². The molecular formula is C26H19BrN2O3. The summed E-state index contributed by atoms with van der Waals surface area (Å²) in [7, 11) is 0. The van der Waals surface area contributed by atoms with Gasteiger partial charge in [-0.05, 0) is 69.5 Å².